The van der Waals surface area contributed by atoms with Gasteiger partial charge in [-0.1, -0.05) is 6.92 Å². The summed E-state index contributed by atoms with van der Waals surface area (Å²) in [7, 11) is 0. The van der Waals surface area contributed by atoms with Crippen molar-refractivity contribution in [1.82, 2.24) is 9.97 Å². The largest absolute Gasteiger partial charge is 0.355 e. The molecule has 1 fully saturated rings. The summed E-state index contributed by atoms with van der Waals surface area (Å²) in [5.74, 6) is 1.36. The van der Waals surface area contributed by atoms with Crippen molar-refractivity contribution in [3.63, 3.8) is 0 Å². The lowest BCUT2D eigenvalue weighted by atomic mass is 10.1. The van der Waals surface area contributed by atoms with E-state index in [0.717, 1.165) is 43.0 Å². The summed E-state index contributed by atoms with van der Waals surface area (Å²) in [4.78, 5) is 11.6. The smallest absolute Gasteiger partial charge is 0.161 e. The van der Waals surface area contributed by atoms with Crippen LogP contribution in [-0.2, 0) is 6.42 Å². The van der Waals surface area contributed by atoms with Crippen molar-refractivity contribution >= 4 is 5.82 Å². The van der Waals surface area contributed by atoms with E-state index in [1.165, 1.54) is 17.7 Å². The molecule has 1 aromatic heterocycles. The van der Waals surface area contributed by atoms with Crippen molar-refractivity contribution < 1.29 is 4.39 Å². The first-order valence-corrected chi connectivity index (χ1v) is 7.72. The van der Waals surface area contributed by atoms with Crippen LogP contribution in [0.5, 0.6) is 0 Å². The fourth-order valence-corrected chi connectivity index (χ4v) is 2.96. The summed E-state index contributed by atoms with van der Waals surface area (Å²) in [5, 5.41) is 0. The highest BCUT2D eigenvalue weighted by Gasteiger charge is 2.24. The maximum Gasteiger partial charge on any atom is 0.161 e. The normalized spacial score (nSPS) is 18.0. The molecule has 22 heavy (non-hydrogen) atoms. The van der Waals surface area contributed by atoms with E-state index in [4.69, 9.17) is 10.7 Å². The fourth-order valence-electron chi connectivity index (χ4n) is 2.96. The van der Waals surface area contributed by atoms with Gasteiger partial charge in [0.05, 0.1) is 0 Å². The number of halogens is 1. The van der Waals surface area contributed by atoms with E-state index in [-0.39, 0.29) is 11.9 Å². The molecular formula is C17H21FN4. The lowest BCUT2D eigenvalue weighted by molar-refractivity contribution is 0.628. The van der Waals surface area contributed by atoms with E-state index in [2.05, 4.69) is 16.8 Å². The number of hydrogen-bond donors (Lipinski definition) is 1. The second-order valence-corrected chi connectivity index (χ2v) is 5.79. The van der Waals surface area contributed by atoms with Gasteiger partial charge in [-0.2, -0.15) is 0 Å². The van der Waals surface area contributed by atoms with Crippen LogP contribution in [0, 0.1) is 12.7 Å². The molecule has 5 heteroatoms. The molecule has 0 amide bonds. The molecule has 1 saturated heterocycles. The average molecular weight is 300 g/mol. The minimum atomic E-state index is -0.253. The molecule has 1 unspecified atom stereocenters. The van der Waals surface area contributed by atoms with Crippen molar-refractivity contribution in [2.75, 3.05) is 18.0 Å². The number of nitrogens with zero attached hydrogens (tertiary/aromatic N) is 3. The number of anilines is 1. The van der Waals surface area contributed by atoms with Gasteiger partial charge in [0, 0.05) is 36.0 Å². The van der Waals surface area contributed by atoms with Crippen molar-refractivity contribution in [2.45, 2.75) is 32.7 Å². The predicted molar refractivity (Wildman–Crippen MR) is 86.3 cm³/mol. The minimum absolute atomic E-state index is 0.203. The van der Waals surface area contributed by atoms with Crippen LogP contribution < -0.4 is 10.6 Å². The van der Waals surface area contributed by atoms with Gasteiger partial charge < -0.3 is 10.6 Å². The lowest BCUT2D eigenvalue weighted by Crippen LogP contribution is -2.28. The van der Waals surface area contributed by atoms with E-state index in [1.54, 1.807) is 12.1 Å². The second-order valence-electron chi connectivity index (χ2n) is 5.79. The Morgan fingerprint density at radius 3 is 2.59 bits per heavy atom. The Balaban J connectivity index is 2.05. The Labute approximate surface area is 130 Å². The van der Waals surface area contributed by atoms with Gasteiger partial charge in [-0.25, -0.2) is 14.4 Å². The second kappa shape index (κ2) is 6.01. The predicted octanol–water partition coefficient (Wildman–Crippen LogP) is 2.69. The van der Waals surface area contributed by atoms with Crippen molar-refractivity contribution in [3.05, 3.63) is 41.3 Å². The molecule has 2 heterocycles. The van der Waals surface area contributed by atoms with Crippen LogP contribution in [0.3, 0.4) is 0 Å². The van der Waals surface area contributed by atoms with Crippen LogP contribution in [0.4, 0.5) is 10.2 Å². The first-order chi connectivity index (χ1) is 10.6. The molecule has 1 aliphatic rings. The Bertz CT molecular complexity index is 669. The summed E-state index contributed by atoms with van der Waals surface area (Å²) >= 11 is 0. The van der Waals surface area contributed by atoms with Gasteiger partial charge in [-0.05, 0) is 44.0 Å². The summed E-state index contributed by atoms with van der Waals surface area (Å²) in [5.41, 5.74) is 9.01. The molecule has 0 aliphatic carbocycles. The Morgan fingerprint density at radius 1 is 1.27 bits per heavy atom. The van der Waals surface area contributed by atoms with Crippen LogP contribution in [0.2, 0.25) is 0 Å². The zero-order valence-electron chi connectivity index (χ0n) is 13.0. The Kier molecular flexibility index (Phi) is 4.07. The molecule has 3 rings (SSSR count). The molecule has 0 spiro atoms. The molecular weight excluding hydrogens is 279 g/mol. The van der Waals surface area contributed by atoms with Gasteiger partial charge in [-0.15, -0.1) is 0 Å². The molecule has 0 saturated carbocycles. The van der Waals surface area contributed by atoms with E-state index in [9.17, 15) is 4.39 Å². The topological polar surface area (TPSA) is 55.0 Å². The molecule has 1 aromatic carbocycles. The highest BCUT2D eigenvalue weighted by molar-refractivity contribution is 5.61. The monoisotopic (exact) mass is 300 g/mol. The van der Waals surface area contributed by atoms with Gasteiger partial charge in [0.25, 0.3) is 0 Å². The van der Waals surface area contributed by atoms with E-state index in [1.807, 2.05) is 6.92 Å². The number of hydrogen-bond acceptors (Lipinski definition) is 4. The average Bonchev–Trinajstić information content (AvgIpc) is 2.93. The van der Waals surface area contributed by atoms with Gasteiger partial charge in [0.1, 0.15) is 11.6 Å². The SMILES string of the molecule is CCc1c(C)nc(-c2ccc(F)cc2)nc1N1CCC(N)C1. The molecule has 4 nitrogen and oxygen atoms in total. The number of aryl methyl sites for hydroxylation is 1. The summed E-state index contributed by atoms with van der Waals surface area (Å²) in [6, 6.07) is 6.51. The minimum Gasteiger partial charge on any atom is -0.355 e. The maximum atomic E-state index is 13.1. The summed E-state index contributed by atoms with van der Waals surface area (Å²) in [6.07, 6.45) is 1.87. The number of aromatic nitrogens is 2. The third-order valence-electron chi connectivity index (χ3n) is 4.17. The summed E-state index contributed by atoms with van der Waals surface area (Å²) < 4.78 is 13.1. The molecule has 116 valence electrons. The van der Waals surface area contributed by atoms with Crippen LogP contribution >= 0.6 is 0 Å². The van der Waals surface area contributed by atoms with Gasteiger partial charge in [0.2, 0.25) is 0 Å². The van der Waals surface area contributed by atoms with Crippen LogP contribution in [0.1, 0.15) is 24.6 Å². The fraction of sp³-hybridized carbons (Fsp3) is 0.412. The highest BCUT2D eigenvalue weighted by Crippen LogP contribution is 2.28. The van der Waals surface area contributed by atoms with Crippen LogP contribution in [-0.4, -0.2) is 29.1 Å². The molecule has 2 N–H and O–H groups in total. The van der Waals surface area contributed by atoms with Gasteiger partial charge in [0.15, 0.2) is 5.82 Å². The number of rotatable bonds is 3. The van der Waals surface area contributed by atoms with E-state index < -0.39 is 0 Å². The maximum absolute atomic E-state index is 13.1. The Hall–Kier alpha value is -2.01. The van der Waals surface area contributed by atoms with Crippen molar-refractivity contribution in [3.8, 4) is 11.4 Å². The van der Waals surface area contributed by atoms with E-state index in [0.29, 0.717) is 5.82 Å². The van der Waals surface area contributed by atoms with Crippen LogP contribution in [0.25, 0.3) is 11.4 Å². The quantitative estimate of drug-likeness (QED) is 0.947. The van der Waals surface area contributed by atoms with E-state index >= 15 is 0 Å². The number of benzene rings is 1. The Morgan fingerprint density at radius 2 is 2.00 bits per heavy atom. The molecule has 0 radical (unpaired) electrons. The molecule has 0 bridgehead atoms. The molecule has 2 aromatic rings. The first kappa shape index (κ1) is 14.9. The van der Waals surface area contributed by atoms with Crippen LogP contribution in [0.15, 0.2) is 24.3 Å². The third kappa shape index (κ3) is 2.81. The van der Waals surface area contributed by atoms with Crippen molar-refractivity contribution in [2.24, 2.45) is 5.73 Å². The highest BCUT2D eigenvalue weighted by atomic mass is 19.1. The summed E-state index contributed by atoms with van der Waals surface area (Å²) in [6.45, 7) is 5.87. The first-order valence-electron chi connectivity index (χ1n) is 7.72. The zero-order valence-corrected chi connectivity index (χ0v) is 13.0. The standard InChI is InChI=1S/C17H21FN4/c1-3-15-11(2)20-16(12-4-6-13(18)7-5-12)21-17(15)22-9-8-14(19)10-22/h4-7,14H,3,8-10,19H2,1-2H3. The zero-order chi connectivity index (χ0) is 15.7. The number of nitrogens with two attached hydrogens (primary N) is 1. The molecule has 1 aliphatic heterocycles. The molecule has 1 atom stereocenters. The van der Waals surface area contributed by atoms with Gasteiger partial charge >= 0.3 is 0 Å². The lowest BCUT2D eigenvalue weighted by Gasteiger charge is -2.22. The van der Waals surface area contributed by atoms with Gasteiger partial charge in [-0.3, -0.25) is 0 Å². The third-order valence-corrected chi connectivity index (χ3v) is 4.17. The van der Waals surface area contributed by atoms with Crippen molar-refractivity contribution in [1.29, 1.82) is 0 Å².